The standard InChI is InChI=1S/C49H33O4.U/c1-3-38-28(2)39(36-23-21-30-13-8-10-17-33(30)25-36)27-40-41(31-14-5-4-6-15-31)44-45(47(51)49(53)48(52)46(44)50)42(43(38)40)37-19-11-18-34(26-37)35-22-20-29-12-7-9-16-32(29)24-35;/h3-26,50-53H,1H2,2H3;/q-1;. The van der Waals surface area contributed by atoms with Gasteiger partial charge in [-0.15, -0.1) is 22.6 Å². The first-order chi connectivity index (χ1) is 25.8. The molecule has 258 valence electrons. The number of hydrogen-bond donors (Lipinski definition) is 4. The molecule has 0 aliphatic rings. The molecule has 0 aromatic heterocycles. The molecular weight excluding hydrogens is 891 g/mol. The van der Waals surface area contributed by atoms with Crippen LogP contribution in [0.5, 0.6) is 23.0 Å². The third-order valence-corrected chi connectivity index (χ3v) is 10.5. The molecule has 4 N–H and O–H groups in total. The Morgan fingerprint density at radius 3 is 1.59 bits per heavy atom. The maximum absolute atomic E-state index is 11.9. The predicted octanol–water partition coefficient (Wildman–Crippen LogP) is 12.5. The zero-order chi connectivity index (χ0) is 36.4. The molecule has 0 aliphatic carbocycles. The van der Waals surface area contributed by atoms with Crippen molar-refractivity contribution < 1.29 is 51.5 Å². The van der Waals surface area contributed by atoms with Gasteiger partial charge in [-0.3, -0.25) is 0 Å². The first-order valence-corrected chi connectivity index (χ1v) is 17.5. The number of phenolic OH excluding ortho intramolecular Hbond substituents is 4. The van der Waals surface area contributed by atoms with Gasteiger partial charge in [0, 0.05) is 41.9 Å². The van der Waals surface area contributed by atoms with Gasteiger partial charge in [-0.1, -0.05) is 175 Å². The number of hydrogen-bond acceptors (Lipinski definition) is 4. The van der Waals surface area contributed by atoms with E-state index in [1.165, 1.54) is 0 Å². The van der Waals surface area contributed by atoms with E-state index in [2.05, 4.69) is 79.4 Å². The molecule has 54 heavy (non-hydrogen) atoms. The zero-order valence-electron chi connectivity index (χ0n) is 29.4. The summed E-state index contributed by atoms with van der Waals surface area (Å²) in [6.45, 7) is 6.34. The van der Waals surface area contributed by atoms with Crippen LogP contribution in [0.15, 0.2) is 146 Å². The fraction of sp³-hybridized carbons (Fsp3) is 0.0204. The average molecular weight is 924 g/mol. The van der Waals surface area contributed by atoms with Crippen molar-refractivity contribution in [1.82, 2.24) is 0 Å². The Bertz CT molecular complexity index is 2970. The molecule has 4 nitrogen and oxygen atoms in total. The van der Waals surface area contributed by atoms with Crippen LogP contribution in [-0.2, 0) is 0 Å². The summed E-state index contributed by atoms with van der Waals surface area (Å²) in [5.74, 6) is -2.67. The predicted molar refractivity (Wildman–Crippen MR) is 219 cm³/mol. The summed E-state index contributed by atoms with van der Waals surface area (Å²) in [5.41, 5.74) is 8.12. The van der Waals surface area contributed by atoms with Crippen LogP contribution >= 0.6 is 0 Å². The largest absolute Gasteiger partial charge is 0.504 e. The van der Waals surface area contributed by atoms with Crippen LogP contribution in [0.2, 0.25) is 0 Å². The monoisotopic (exact) mass is 923 g/mol. The number of phenols is 4. The molecule has 5 heteroatoms. The van der Waals surface area contributed by atoms with Crippen molar-refractivity contribution >= 4 is 49.2 Å². The molecule has 0 spiro atoms. The van der Waals surface area contributed by atoms with Gasteiger partial charge in [0.15, 0.2) is 11.5 Å². The van der Waals surface area contributed by atoms with Gasteiger partial charge in [0.2, 0.25) is 11.5 Å². The summed E-state index contributed by atoms with van der Waals surface area (Å²) < 4.78 is 0. The fourth-order valence-electron chi connectivity index (χ4n) is 7.91. The molecule has 0 bridgehead atoms. The van der Waals surface area contributed by atoms with E-state index >= 15 is 0 Å². The molecule has 0 radical (unpaired) electrons. The quantitative estimate of drug-likeness (QED) is 0.0600. The molecule has 0 fully saturated rings. The SMILES string of the molecule is C=Cc1c(C)c(-c2ccc3ccccc3c2)[c-]c2c(-c3ccccc3)c3c(O)c(O)c(O)c(O)c3c(-c3cccc(-c4ccc5ccccc5c4)c3)c12.[U]. The molecule has 0 heterocycles. The Balaban J connectivity index is 0.00000413. The molecule has 0 atom stereocenters. The maximum atomic E-state index is 11.9. The van der Waals surface area contributed by atoms with Crippen LogP contribution in [0, 0.1) is 44.1 Å². The van der Waals surface area contributed by atoms with E-state index in [0.717, 1.165) is 71.4 Å². The molecule has 0 unspecified atom stereocenters. The third-order valence-electron chi connectivity index (χ3n) is 10.5. The molecule has 9 aromatic rings. The van der Waals surface area contributed by atoms with Gasteiger partial charge in [-0.25, -0.2) is 0 Å². The summed E-state index contributed by atoms with van der Waals surface area (Å²) in [6, 6.07) is 50.5. The van der Waals surface area contributed by atoms with E-state index in [4.69, 9.17) is 0 Å². The summed E-state index contributed by atoms with van der Waals surface area (Å²) in [7, 11) is 0. The van der Waals surface area contributed by atoms with Crippen molar-refractivity contribution in [2.45, 2.75) is 6.92 Å². The van der Waals surface area contributed by atoms with E-state index in [1.54, 1.807) is 0 Å². The van der Waals surface area contributed by atoms with E-state index in [0.29, 0.717) is 16.5 Å². The second-order valence-electron chi connectivity index (χ2n) is 13.5. The minimum Gasteiger partial charge on any atom is -0.504 e. The molecule has 9 rings (SSSR count). The van der Waals surface area contributed by atoms with Gasteiger partial charge in [-0.05, 0) is 55.9 Å². The number of rotatable bonds is 5. The Hall–Kier alpha value is -5.99. The van der Waals surface area contributed by atoms with E-state index in [-0.39, 0.29) is 41.9 Å². The van der Waals surface area contributed by atoms with Crippen molar-refractivity contribution in [3.05, 3.63) is 163 Å². The average Bonchev–Trinajstić information content (AvgIpc) is 3.21. The van der Waals surface area contributed by atoms with Gasteiger partial charge in [0.1, 0.15) is 0 Å². The molecular formula is C49H33O4U-. The van der Waals surface area contributed by atoms with Crippen LogP contribution < -0.4 is 0 Å². The topological polar surface area (TPSA) is 80.9 Å². The van der Waals surface area contributed by atoms with E-state index in [9.17, 15) is 20.4 Å². The summed E-state index contributed by atoms with van der Waals surface area (Å²) in [4.78, 5) is 0. The summed E-state index contributed by atoms with van der Waals surface area (Å²) in [6.07, 6.45) is 1.82. The van der Waals surface area contributed by atoms with Crippen molar-refractivity contribution in [3.8, 4) is 67.5 Å². The van der Waals surface area contributed by atoms with Crippen LogP contribution in [0.3, 0.4) is 0 Å². The van der Waals surface area contributed by atoms with Crippen LogP contribution in [-0.4, -0.2) is 20.4 Å². The zero-order valence-corrected chi connectivity index (χ0v) is 33.5. The molecule has 9 aromatic carbocycles. The first kappa shape index (κ1) is 35.1. The van der Waals surface area contributed by atoms with Crippen molar-refractivity contribution in [2.24, 2.45) is 0 Å². The Kier molecular flexibility index (Phi) is 8.94. The smallest absolute Gasteiger partial charge is 0.204 e. The fourth-order valence-corrected chi connectivity index (χ4v) is 7.91. The van der Waals surface area contributed by atoms with Gasteiger partial charge >= 0.3 is 0 Å². The molecule has 0 amide bonds. The number of aromatic hydroxyl groups is 4. The van der Waals surface area contributed by atoms with E-state index in [1.807, 2.05) is 85.8 Å². The summed E-state index contributed by atoms with van der Waals surface area (Å²) in [5, 5.41) is 52.1. The Labute approximate surface area is 336 Å². The van der Waals surface area contributed by atoms with Crippen molar-refractivity contribution in [1.29, 1.82) is 0 Å². The van der Waals surface area contributed by atoms with E-state index < -0.39 is 23.0 Å². The van der Waals surface area contributed by atoms with Crippen LogP contribution in [0.1, 0.15) is 11.1 Å². The molecule has 0 aliphatic heterocycles. The van der Waals surface area contributed by atoms with Crippen molar-refractivity contribution in [2.75, 3.05) is 0 Å². The van der Waals surface area contributed by atoms with Crippen LogP contribution in [0.25, 0.3) is 93.7 Å². The second-order valence-corrected chi connectivity index (χ2v) is 13.5. The van der Waals surface area contributed by atoms with Gasteiger partial charge in [-0.2, -0.15) is 0 Å². The third kappa shape index (κ3) is 5.52. The van der Waals surface area contributed by atoms with Gasteiger partial charge in [0.05, 0.1) is 0 Å². The Morgan fingerprint density at radius 2 is 0.963 bits per heavy atom. The molecule has 0 saturated heterocycles. The maximum Gasteiger partial charge on any atom is 0.204 e. The minimum absolute atomic E-state index is 0. The second kappa shape index (κ2) is 13.8. The molecule has 0 saturated carbocycles. The number of benzene rings is 9. The van der Waals surface area contributed by atoms with Gasteiger partial charge < -0.3 is 20.4 Å². The summed E-state index contributed by atoms with van der Waals surface area (Å²) >= 11 is 0. The number of fused-ring (bicyclic) bond motifs is 4. The first-order valence-electron chi connectivity index (χ1n) is 17.5. The normalized spacial score (nSPS) is 11.3. The van der Waals surface area contributed by atoms with Crippen molar-refractivity contribution in [3.63, 3.8) is 0 Å². The Morgan fingerprint density at radius 1 is 0.463 bits per heavy atom. The van der Waals surface area contributed by atoms with Gasteiger partial charge in [0.25, 0.3) is 0 Å². The van der Waals surface area contributed by atoms with Crippen LogP contribution in [0.4, 0.5) is 0 Å². The minimum atomic E-state index is -0.798.